The Hall–Kier alpha value is -0.370. The molecule has 0 aromatic carbocycles. The first-order chi connectivity index (χ1) is 11.3. The highest BCUT2D eigenvalue weighted by molar-refractivity contribution is 5.84. The van der Waals surface area contributed by atoms with Gasteiger partial charge in [0.05, 0.1) is 5.60 Å². The molecule has 0 bridgehead atoms. The summed E-state index contributed by atoms with van der Waals surface area (Å²) >= 11 is 0. The Morgan fingerprint density at radius 1 is 1.00 bits per heavy atom. The molecule has 5 aliphatic rings. The number of rotatable bonds is 1. The van der Waals surface area contributed by atoms with Crippen LogP contribution in [0.1, 0.15) is 78.6 Å². The molecule has 0 aromatic rings. The van der Waals surface area contributed by atoms with E-state index in [-0.39, 0.29) is 10.8 Å². The van der Waals surface area contributed by atoms with Crippen molar-refractivity contribution in [1.29, 1.82) is 0 Å². The third-order valence-electron chi connectivity index (χ3n) is 9.89. The zero-order valence-corrected chi connectivity index (χ0v) is 15.7. The first-order valence-corrected chi connectivity index (χ1v) is 10.5. The van der Waals surface area contributed by atoms with Gasteiger partial charge in [-0.1, -0.05) is 13.3 Å². The van der Waals surface area contributed by atoms with Crippen molar-refractivity contribution in [3.63, 3.8) is 0 Å². The van der Waals surface area contributed by atoms with Gasteiger partial charge in [0.2, 0.25) is 0 Å². The minimum atomic E-state index is -0.556. The molecule has 5 saturated carbocycles. The van der Waals surface area contributed by atoms with Crippen molar-refractivity contribution < 1.29 is 9.90 Å². The van der Waals surface area contributed by atoms with E-state index in [4.69, 9.17) is 0 Å². The zero-order valence-electron chi connectivity index (χ0n) is 15.7. The van der Waals surface area contributed by atoms with Gasteiger partial charge in [-0.3, -0.25) is 4.79 Å². The van der Waals surface area contributed by atoms with Gasteiger partial charge in [0.15, 0.2) is 0 Å². The SMILES string of the molecule is CC(=O)[C@@]12CC[C@@H]3CCC[C@@](C)(O)[C@H]3[C@H]1CC[C@H]1[C@@H]3C[C@@H]3C[C@@]12C. The molecule has 0 aliphatic heterocycles. The standard InChI is InChI=1S/C22H34O2/c1-13(23)22-10-8-14-5-4-9-21(3,24)19(14)18(22)7-6-17-16-11-15(16)12-20(17,22)2/h14-19,24H,4-12H2,1-3H3/t14-,15+,16+,17-,18+,19+,20-,21+,22-/m0/s1. The Kier molecular flexibility index (Phi) is 3.08. The largest absolute Gasteiger partial charge is 0.390 e. The quantitative estimate of drug-likeness (QED) is 0.763. The van der Waals surface area contributed by atoms with E-state index >= 15 is 0 Å². The van der Waals surface area contributed by atoms with Crippen LogP contribution < -0.4 is 0 Å². The fourth-order valence-corrected chi connectivity index (χ4v) is 9.11. The average molecular weight is 331 g/mol. The van der Waals surface area contributed by atoms with E-state index in [0.717, 1.165) is 37.0 Å². The van der Waals surface area contributed by atoms with E-state index in [2.05, 4.69) is 13.8 Å². The molecule has 2 heteroatoms. The van der Waals surface area contributed by atoms with Crippen molar-refractivity contribution in [2.75, 3.05) is 0 Å². The van der Waals surface area contributed by atoms with Crippen LogP contribution in [-0.2, 0) is 4.79 Å². The normalized spacial score (nSPS) is 61.3. The summed E-state index contributed by atoms with van der Waals surface area (Å²) in [4.78, 5) is 13.2. The van der Waals surface area contributed by atoms with Crippen molar-refractivity contribution in [3.05, 3.63) is 0 Å². The molecule has 0 unspecified atom stereocenters. The number of carbonyl (C=O) groups is 1. The molecule has 0 radical (unpaired) electrons. The van der Waals surface area contributed by atoms with E-state index in [0.29, 0.717) is 23.5 Å². The molecule has 0 heterocycles. The minimum Gasteiger partial charge on any atom is -0.390 e. The summed E-state index contributed by atoms with van der Waals surface area (Å²) in [6.45, 7) is 6.46. The number of fused-ring (bicyclic) bond motifs is 7. The van der Waals surface area contributed by atoms with E-state index in [9.17, 15) is 9.90 Å². The van der Waals surface area contributed by atoms with Crippen molar-refractivity contribution in [3.8, 4) is 0 Å². The van der Waals surface area contributed by atoms with Gasteiger partial charge in [-0.05, 0) is 106 Å². The molecule has 1 N–H and O–H groups in total. The molecular formula is C22H34O2. The van der Waals surface area contributed by atoms with Gasteiger partial charge in [-0.15, -0.1) is 0 Å². The van der Waals surface area contributed by atoms with Crippen LogP contribution in [0.4, 0.5) is 0 Å². The van der Waals surface area contributed by atoms with E-state index in [1.54, 1.807) is 0 Å². The average Bonchev–Trinajstić information content (AvgIpc) is 3.18. The predicted molar refractivity (Wildman–Crippen MR) is 94.3 cm³/mol. The van der Waals surface area contributed by atoms with Crippen LogP contribution >= 0.6 is 0 Å². The summed E-state index contributed by atoms with van der Waals surface area (Å²) < 4.78 is 0. The van der Waals surface area contributed by atoms with Crippen molar-refractivity contribution in [2.45, 2.75) is 84.2 Å². The smallest absolute Gasteiger partial charge is 0.136 e. The van der Waals surface area contributed by atoms with Crippen molar-refractivity contribution in [1.82, 2.24) is 0 Å². The van der Waals surface area contributed by atoms with Crippen LogP contribution in [0.3, 0.4) is 0 Å². The first kappa shape index (κ1) is 15.9. The highest BCUT2D eigenvalue weighted by Gasteiger charge is 2.73. The predicted octanol–water partition coefficient (Wildman–Crippen LogP) is 4.60. The number of hydrogen-bond donors (Lipinski definition) is 1. The highest BCUT2D eigenvalue weighted by atomic mass is 16.3. The molecule has 9 atom stereocenters. The molecule has 0 amide bonds. The second kappa shape index (κ2) is 4.67. The monoisotopic (exact) mass is 330 g/mol. The molecule has 2 nitrogen and oxygen atoms in total. The van der Waals surface area contributed by atoms with Crippen LogP contribution in [0.15, 0.2) is 0 Å². The zero-order chi connectivity index (χ0) is 16.9. The molecule has 0 spiro atoms. The number of Topliss-reactive ketones (excluding diaryl/α,β-unsaturated/α-hetero) is 1. The third-order valence-corrected chi connectivity index (χ3v) is 9.89. The molecule has 5 rings (SSSR count). The number of carbonyl (C=O) groups excluding carboxylic acids is 1. The molecule has 5 aliphatic carbocycles. The Balaban J connectivity index is 1.62. The Morgan fingerprint density at radius 3 is 2.50 bits per heavy atom. The van der Waals surface area contributed by atoms with Crippen LogP contribution in [0, 0.1) is 46.3 Å². The van der Waals surface area contributed by atoms with Gasteiger partial charge in [0.1, 0.15) is 5.78 Å². The lowest BCUT2D eigenvalue weighted by Crippen LogP contribution is -2.64. The Bertz CT molecular complexity index is 581. The summed E-state index contributed by atoms with van der Waals surface area (Å²) in [6, 6.07) is 0. The minimum absolute atomic E-state index is 0.133. The Labute approximate surface area is 146 Å². The first-order valence-electron chi connectivity index (χ1n) is 10.5. The van der Waals surface area contributed by atoms with Crippen LogP contribution in [0.5, 0.6) is 0 Å². The molecule has 5 fully saturated rings. The molecule has 24 heavy (non-hydrogen) atoms. The van der Waals surface area contributed by atoms with Gasteiger partial charge in [-0.25, -0.2) is 0 Å². The fraction of sp³-hybridized carbons (Fsp3) is 0.955. The van der Waals surface area contributed by atoms with E-state index in [1.165, 1.54) is 38.5 Å². The summed E-state index contributed by atoms with van der Waals surface area (Å²) in [5, 5.41) is 11.3. The second-order valence-electron chi connectivity index (χ2n) is 10.7. The maximum absolute atomic E-state index is 13.2. The maximum Gasteiger partial charge on any atom is 0.136 e. The summed E-state index contributed by atoms with van der Waals surface area (Å²) in [6.07, 6.45) is 10.9. The molecule has 0 saturated heterocycles. The van der Waals surface area contributed by atoms with Crippen molar-refractivity contribution >= 4 is 5.78 Å². The van der Waals surface area contributed by atoms with Gasteiger partial charge in [0.25, 0.3) is 0 Å². The van der Waals surface area contributed by atoms with Crippen LogP contribution in [0.2, 0.25) is 0 Å². The maximum atomic E-state index is 13.2. The topological polar surface area (TPSA) is 37.3 Å². The number of ketones is 1. The van der Waals surface area contributed by atoms with Gasteiger partial charge in [0, 0.05) is 5.41 Å². The molecule has 0 aromatic heterocycles. The second-order valence-corrected chi connectivity index (χ2v) is 10.7. The van der Waals surface area contributed by atoms with E-state index in [1.807, 2.05) is 6.92 Å². The molecule has 134 valence electrons. The number of aliphatic hydroxyl groups is 1. The van der Waals surface area contributed by atoms with Crippen LogP contribution in [0.25, 0.3) is 0 Å². The molecular weight excluding hydrogens is 296 g/mol. The third kappa shape index (κ3) is 1.70. The lowest BCUT2D eigenvalue weighted by Gasteiger charge is -2.65. The Morgan fingerprint density at radius 2 is 1.75 bits per heavy atom. The van der Waals surface area contributed by atoms with Gasteiger partial charge in [-0.2, -0.15) is 0 Å². The summed E-state index contributed by atoms with van der Waals surface area (Å²) in [5.74, 6) is 4.54. The lowest BCUT2D eigenvalue weighted by atomic mass is 9.38. The van der Waals surface area contributed by atoms with Crippen molar-refractivity contribution in [2.24, 2.45) is 46.3 Å². The number of hydrogen-bond acceptors (Lipinski definition) is 2. The summed E-state index contributed by atoms with van der Waals surface area (Å²) in [7, 11) is 0. The van der Waals surface area contributed by atoms with Gasteiger partial charge >= 0.3 is 0 Å². The summed E-state index contributed by atoms with van der Waals surface area (Å²) in [5.41, 5.74) is -0.473. The van der Waals surface area contributed by atoms with Crippen LogP contribution in [-0.4, -0.2) is 16.5 Å². The highest BCUT2D eigenvalue weighted by Crippen LogP contribution is 2.77. The van der Waals surface area contributed by atoms with Gasteiger partial charge < -0.3 is 5.11 Å². The lowest BCUT2D eigenvalue weighted by molar-refractivity contribution is -0.203. The van der Waals surface area contributed by atoms with E-state index < -0.39 is 5.60 Å². The fourth-order valence-electron chi connectivity index (χ4n) is 9.11.